The third-order valence-corrected chi connectivity index (χ3v) is 0. The van der Waals surface area contributed by atoms with Crippen molar-refractivity contribution in [2.45, 2.75) is 0 Å². The summed E-state index contributed by atoms with van der Waals surface area (Å²) in [5.41, 5.74) is 0. The molecule has 0 atom stereocenters. The quantitative estimate of drug-likeness (QED) is 0.455. The maximum Gasteiger partial charge on any atom is 2.00 e. The predicted molar refractivity (Wildman–Crippen MR) is 44.7 cm³/mol. The van der Waals surface area contributed by atoms with E-state index in [2.05, 4.69) is 0 Å². The van der Waals surface area contributed by atoms with Crippen LogP contribution in [0.2, 0.25) is 0 Å². The van der Waals surface area contributed by atoms with Crippen LogP contribution >= 0.6 is 29.7 Å². The average Bonchev–Trinajstić information content (AvgIpc) is 0. The van der Waals surface area contributed by atoms with Gasteiger partial charge >= 0.3 is 49.5 Å². The molecule has 0 aromatic carbocycles. The van der Waals surface area contributed by atoms with Gasteiger partial charge in [0.05, 0.1) is 0 Å². The monoisotopic (exact) mass is 379 g/mol. The van der Waals surface area contributed by atoms with Crippen LogP contribution in [0.4, 0.5) is 0 Å². The topological polar surface area (TPSA) is 61.0 Å². The predicted octanol–water partition coefficient (Wildman–Crippen LogP) is 2.01. The molecular formula is N2Ni3P3Si3. The number of hydrogen-bond donors (Lipinski definition) is 0. The fourth-order valence-corrected chi connectivity index (χ4v) is 0. The van der Waals surface area contributed by atoms with Gasteiger partial charge in [0.15, 0.2) is 0 Å². The molecule has 0 N–H and O–H groups in total. The Morgan fingerprint density at radius 3 is 0.364 bits per heavy atom. The fraction of sp³-hybridized carbons (Fsp3) is 0. The molecule has 0 saturated heterocycles. The summed E-state index contributed by atoms with van der Waals surface area (Å²) < 4.78 is 0. The third-order valence-electron chi connectivity index (χ3n) is 0. The van der Waals surface area contributed by atoms with Gasteiger partial charge in [0.2, 0.25) is 0 Å². The Labute approximate surface area is 123 Å². The van der Waals surface area contributed by atoms with Crippen molar-refractivity contribution in [2.24, 2.45) is 0 Å². The van der Waals surface area contributed by atoms with Crippen molar-refractivity contribution in [3.05, 3.63) is 12.3 Å². The second kappa shape index (κ2) is 182. The van der Waals surface area contributed by atoms with Crippen molar-refractivity contribution in [3.8, 4) is 0 Å². The smallest absolute Gasteiger partial charge is 2.00 e. The van der Waals surface area contributed by atoms with Gasteiger partial charge < -0.3 is 12.3 Å². The van der Waals surface area contributed by atoms with Crippen LogP contribution in [0.3, 0.4) is 0 Å². The molecule has 0 heterocycles. The summed E-state index contributed by atoms with van der Waals surface area (Å²) in [6.07, 6.45) is 0. The van der Waals surface area contributed by atoms with Crippen LogP contribution < -0.4 is 0 Å². The molecule has 0 aromatic rings. The molecule has 0 spiro atoms. The molecule has 0 aromatic heterocycles. The van der Waals surface area contributed by atoms with Crippen LogP contribution in [0.5, 0.6) is 0 Å². The van der Waals surface area contributed by atoms with E-state index in [1.807, 2.05) is 0 Å². The Bertz CT molecular complexity index is 21.8. The molecule has 0 amide bonds. The van der Waals surface area contributed by atoms with Crippen molar-refractivity contribution >= 4 is 62.6 Å². The van der Waals surface area contributed by atoms with E-state index < -0.39 is 0 Å². The zero-order valence-electron chi connectivity index (χ0n) is 4.68. The Kier molecular flexibility index (Phi) is 3780. The third kappa shape index (κ3) is 154. The van der Waals surface area contributed by atoms with Crippen LogP contribution in [0, 0.1) is 0 Å². The van der Waals surface area contributed by atoms with Crippen LogP contribution in [0.15, 0.2) is 0 Å². The Morgan fingerprint density at radius 1 is 0.364 bits per heavy atom. The van der Waals surface area contributed by atoms with E-state index in [-0.39, 0.29) is 124 Å². The molecule has 0 bridgehead atoms. The summed E-state index contributed by atoms with van der Waals surface area (Å²) in [5.74, 6) is 0. The summed E-state index contributed by atoms with van der Waals surface area (Å²) in [6, 6.07) is 0. The first kappa shape index (κ1) is 229. The van der Waals surface area contributed by atoms with Gasteiger partial charge in [-0.2, -0.15) is 0 Å². The van der Waals surface area contributed by atoms with Gasteiger partial charge in [-0.3, -0.25) is 0 Å². The first-order valence-corrected chi connectivity index (χ1v) is 0. The van der Waals surface area contributed by atoms with Crippen molar-refractivity contribution in [1.29, 1.82) is 0 Å². The second-order valence-electron chi connectivity index (χ2n) is 0. The van der Waals surface area contributed by atoms with Crippen molar-refractivity contribution in [3.63, 3.8) is 0 Å². The Hall–Kier alpha value is 3.34. The molecule has 21 radical (unpaired) electrons. The first-order chi connectivity index (χ1) is 0. The first-order valence-electron chi connectivity index (χ1n) is 0. The van der Waals surface area contributed by atoms with E-state index in [1.54, 1.807) is 0 Å². The molecule has 0 fully saturated rings. The minimum Gasteiger partial charge on any atom is -3.00 e. The normalized spacial score (nSPS) is 0. The van der Waals surface area contributed by atoms with Gasteiger partial charge in [0.1, 0.15) is 0 Å². The molecule has 2 nitrogen and oxygen atoms in total. The molecule has 67 valence electrons. The summed E-state index contributed by atoms with van der Waals surface area (Å²) >= 11 is 0. The molecular weight excluding hydrogens is 381 g/mol. The number of rotatable bonds is 0. The minimum atomic E-state index is 0. The van der Waals surface area contributed by atoms with E-state index >= 15 is 0 Å². The maximum absolute atomic E-state index is 0. The molecule has 0 aliphatic heterocycles. The standard InChI is InChI=1S/2N.3Ni.3P.3Si/q2*-3;3*+2;;;;;;. The molecule has 0 aliphatic rings. The number of hydrogen-bond acceptors (Lipinski definition) is 0. The van der Waals surface area contributed by atoms with Crippen LogP contribution in [-0.4, -0.2) is 32.9 Å². The van der Waals surface area contributed by atoms with Gasteiger partial charge in [-0.25, -0.2) is 0 Å². The van der Waals surface area contributed by atoms with E-state index in [9.17, 15) is 0 Å². The molecule has 0 aliphatic carbocycles. The van der Waals surface area contributed by atoms with E-state index in [4.69, 9.17) is 0 Å². The van der Waals surface area contributed by atoms with Gasteiger partial charge in [0, 0.05) is 62.6 Å². The largest absolute Gasteiger partial charge is 3.00 e. The zero-order chi connectivity index (χ0) is 0. The Balaban J connectivity index is 0. The van der Waals surface area contributed by atoms with E-state index in [0.717, 1.165) is 0 Å². The van der Waals surface area contributed by atoms with Crippen LogP contribution in [0.1, 0.15) is 0 Å². The SMILES string of the molecule is [N-3].[N-3].[Ni+2].[Ni+2].[Ni+2].[P].[P].[P].[Si].[Si].[Si]. The average molecular weight is 381 g/mol. The van der Waals surface area contributed by atoms with Crippen LogP contribution in [0.25, 0.3) is 12.3 Å². The summed E-state index contributed by atoms with van der Waals surface area (Å²) in [6.45, 7) is 0. The van der Waals surface area contributed by atoms with Crippen molar-refractivity contribution in [2.75, 3.05) is 0 Å². The van der Waals surface area contributed by atoms with Gasteiger partial charge in [-0.1, -0.05) is 0 Å². The van der Waals surface area contributed by atoms with E-state index in [0.29, 0.717) is 0 Å². The maximum atomic E-state index is 0. The minimum absolute atomic E-state index is 0. The summed E-state index contributed by atoms with van der Waals surface area (Å²) in [5, 5.41) is 0. The van der Waals surface area contributed by atoms with Crippen LogP contribution in [-0.2, 0) is 49.5 Å². The number of nitrogens with zero attached hydrogens (tertiary/aromatic N) is 2. The van der Waals surface area contributed by atoms with Gasteiger partial charge in [-0.05, 0) is 0 Å². The second-order valence-corrected chi connectivity index (χ2v) is 0. The molecule has 11 heavy (non-hydrogen) atoms. The van der Waals surface area contributed by atoms with Gasteiger partial charge in [0.25, 0.3) is 0 Å². The molecule has 0 rings (SSSR count). The summed E-state index contributed by atoms with van der Waals surface area (Å²) in [4.78, 5) is 0. The van der Waals surface area contributed by atoms with Crippen molar-refractivity contribution in [1.82, 2.24) is 0 Å². The molecule has 0 unspecified atom stereocenters. The van der Waals surface area contributed by atoms with Gasteiger partial charge in [-0.15, -0.1) is 0 Å². The molecule has 0 saturated carbocycles. The Morgan fingerprint density at radius 2 is 0.364 bits per heavy atom. The van der Waals surface area contributed by atoms with Crippen molar-refractivity contribution < 1.29 is 49.5 Å². The van der Waals surface area contributed by atoms with E-state index in [1.165, 1.54) is 0 Å². The summed E-state index contributed by atoms with van der Waals surface area (Å²) in [7, 11) is 0. The fourth-order valence-electron chi connectivity index (χ4n) is 0. The molecule has 11 heteroatoms. The zero-order valence-corrected chi connectivity index (χ0v) is 13.3.